The fourth-order valence-electron chi connectivity index (χ4n) is 1.12. The van der Waals surface area contributed by atoms with E-state index in [0.717, 1.165) is 15.7 Å². The Morgan fingerprint density at radius 2 is 2.33 bits per heavy atom. The number of rotatable bonds is 1. The van der Waals surface area contributed by atoms with Crippen LogP contribution in [-0.4, -0.2) is 0 Å². The highest BCUT2D eigenvalue weighted by molar-refractivity contribution is 7.16. The molecule has 2 heterocycles. The van der Waals surface area contributed by atoms with Gasteiger partial charge in [-0.3, -0.25) is 0 Å². The van der Waals surface area contributed by atoms with E-state index in [-0.39, 0.29) is 0 Å². The topological polar surface area (TPSA) is 13.1 Å². The Hall–Kier alpha value is -0.730. The van der Waals surface area contributed by atoms with Crippen LogP contribution in [0.25, 0.3) is 11.3 Å². The first-order valence-electron chi connectivity index (χ1n) is 3.57. The van der Waals surface area contributed by atoms with Gasteiger partial charge in [0, 0.05) is 10.4 Å². The zero-order valence-corrected chi connectivity index (χ0v) is 8.08. The van der Waals surface area contributed by atoms with E-state index < -0.39 is 0 Å². The maximum atomic E-state index is 5.86. The summed E-state index contributed by atoms with van der Waals surface area (Å²) >= 11 is 7.43. The third kappa shape index (κ3) is 1.28. The van der Waals surface area contributed by atoms with Crippen LogP contribution in [0, 0.1) is 6.92 Å². The normalized spacial score (nSPS) is 10.5. The van der Waals surface area contributed by atoms with Crippen molar-refractivity contribution in [1.29, 1.82) is 0 Å². The summed E-state index contributed by atoms with van der Waals surface area (Å²) in [4.78, 5) is 1.19. The first kappa shape index (κ1) is 7.90. The summed E-state index contributed by atoms with van der Waals surface area (Å²) in [6.07, 6.45) is 1.67. The molecule has 0 bridgehead atoms. The smallest absolute Gasteiger partial charge is 0.135 e. The van der Waals surface area contributed by atoms with Crippen molar-refractivity contribution >= 4 is 22.9 Å². The zero-order chi connectivity index (χ0) is 8.55. The van der Waals surface area contributed by atoms with Gasteiger partial charge in [0.05, 0.1) is 10.6 Å². The van der Waals surface area contributed by atoms with Crippen molar-refractivity contribution in [3.8, 4) is 11.3 Å². The summed E-state index contributed by atoms with van der Waals surface area (Å²) in [6, 6.07) is 5.74. The molecule has 0 fully saturated rings. The fraction of sp³-hybridized carbons (Fsp3) is 0.111. The number of hydrogen-bond donors (Lipinski definition) is 0. The van der Waals surface area contributed by atoms with Crippen molar-refractivity contribution in [2.75, 3.05) is 0 Å². The Bertz CT molecular complexity index is 375. The van der Waals surface area contributed by atoms with Crippen LogP contribution in [0.5, 0.6) is 0 Å². The molecule has 0 saturated carbocycles. The number of thiophene rings is 1. The van der Waals surface area contributed by atoms with Crippen LogP contribution >= 0.6 is 22.9 Å². The highest BCUT2D eigenvalue weighted by Gasteiger charge is 2.07. The largest absolute Gasteiger partial charge is 0.464 e. The predicted molar refractivity (Wildman–Crippen MR) is 51.8 cm³/mol. The first-order chi connectivity index (χ1) is 5.77. The van der Waals surface area contributed by atoms with Crippen molar-refractivity contribution in [2.24, 2.45) is 0 Å². The standard InChI is InChI=1S/C9H7ClOS/c1-6-7(5-9(10)12-6)8-3-2-4-11-8/h2-5H,1H3. The molecule has 2 rings (SSSR count). The Morgan fingerprint density at radius 1 is 1.50 bits per heavy atom. The number of aryl methyl sites for hydroxylation is 1. The number of halogens is 1. The molecule has 0 aliphatic heterocycles. The zero-order valence-electron chi connectivity index (χ0n) is 6.50. The van der Waals surface area contributed by atoms with Crippen LogP contribution in [-0.2, 0) is 0 Å². The van der Waals surface area contributed by atoms with E-state index in [4.69, 9.17) is 16.0 Å². The van der Waals surface area contributed by atoms with Gasteiger partial charge < -0.3 is 4.42 Å². The summed E-state index contributed by atoms with van der Waals surface area (Å²) in [5, 5.41) is 0. The second-order valence-electron chi connectivity index (χ2n) is 2.50. The van der Waals surface area contributed by atoms with E-state index >= 15 is 0 Å². The summed E-state index contributed by atoms with van der Waals surface area (Å²) in [5.74, 6) is 0.885. The molecule has 0 atom stereocenters. The summed E-state index contributed by atoms with van der Waals surface area (Å²) < 4.78 is 6.07. The SMILES string of the molecule is Cc1sc(Cl)cc1-c1ccco1. The van der Waals surface area contributed by atoms with Gasteiger partial charge in [0.2, 0.25) is 0 Å². The number of furan rings is 1. The lowest BCUT2D eigenvalue weighted by atomic mass is 10.2. The Morgan fingerprint density at radius 3 is 2.83 bits per heavy atom. The highest BCUT2D eigenvalue weighted by Crippen LogP contribution is 2.33. The summed E-state index contributed by atoms with van der Waals surface area (Å²) in [6.45, 7) is 2.04. The van der Waals surface area contributed by atoms with Crippen molar-refractivity contribution < 1.29 is 4.42 Å². The average molecular weight is 199 g/mol. The average Bonchev–Trinajstić information content (AvgIpc) is 2.58. The molecule has 0 aliphatic carbocycles. The Labute approximate surface area is 79.6 Å². The maximum Gasteiger partial charge on any atom is 0.135 e. The molecule has 0 spiro atoms. The van der Waals surface area contributed by atoms with Crippen molar-refractivity contribution in [2.45, 2.75) is 6.92 Å². The van der Waals surface area contributed by atoms with E-state index in [1.807, 2.05) is 25.1 Å². The lowest BCUT2D eigenvalue weighted by molar-refractivity contribution is 0.582. The monoisotopic (exact) mass is 198 g/mol. The highest BCUT2D eigenvalue weighted by atomic mass is 35.5. The maximum absolute atomic E-state index is 5.86. The van der Waals surface area contributed by atoms with Crippen LogP contribution in [0.1, 0.15) is 4.88 Å². The van der Waals surface area contributed by atoms with Crippen molar-refractivity contribution in [3.05, 3.63) is 33.7 Å². The van der Waals surface area contributed by atoms with Gasteiger partial charge in [-0.15, -0.1) is 11.3 Å². The van der Waals surface area contributed by atoms with Crippen LogP contribution in [0.4, 0.5) is 0 Å². The van der Waals surface area contributed by atoms with Gasteiger partial charge >= 0.3 is 0 Å². The quantitative estimate of drug-likeness (QED) is 0.676. The van der Waals surface area contributed by atoms with E-state index in [9.17, 15) is 0 Å². The summed E-state index contributed by atoms with van der Waals surface area (Å²) in [7, 11) is 0. The molecule has 12 heavy (non-hydrogen) atoms. The molecule has 0 amide bonds. The van der Waals surface area contributed by atoms with Gasteiger partial charge in [0.25, 0.3) is 0 Å². The molecule has 0 aromatic carbocycles. The minimum absolute atomic E-state index is 0.805. The molecule has 0 radical (unpaired) electrons. The molecular formula is C9H7ClOS. The molecule has 0 aliphatic rings. The van der Waals surface area contributed by atoms with Crippen molar-refractivity contribution in [1.82, 2.24) is 0 Å². The van der Waals surface area contributed by atoms with Gasteiger partial charge in [0.15, 0.2) is 0 Å². The molecule has 0 saturated heterocycles. The third-order valence-electron chi connectivity index (χ3n) is 1.67. The third-order valence-corrected chi connectivity index (χ3v) is 2.85. The molecule has 0 N–H and O–H groups in total. The molecular weight excluding hydrogens is 192 g/mol. The second-order valence-corrected chi connectivity index (χ2v) is 4.39. The van der Waals surface area contributed by atoms with Crippen LogP contribution < -0.4 is 0 Å². The summed E-state index contributed by atoms with van der Waals surface area (Å²) in [5.41, 5.74) is 1.09. The van der Waals surface area contributed by atoms with E-state index in [1.54, 1.807) is 17.6 Å². The Kier molecular flexibility index (Phi) is 1.95. The molecule has 3 heteroatoms. The van der Waals surface area contributed by atoms with Gasteiger partial charge in [-0.25, -0.2) is 0 Å². The van der Waals surface area contributed by atoms with E-state index in [1.165, 1.54) is 4.88 Å². The minimum atomic E-state index is 0.805. The number of hydrogen-bond acceptors (Lipinski definition) is 2. The first-order valence-corrected chi connectivity index (χ1v) is 4.76. The molecule has 62 valence electrons. The molecule has 1 nitrogen and oxygen atoms in total. The van der Waals surface area contributed by atoms with Crippen LogP contribution in [0.15, 0.2) is 28.9 Å². The molecule has 2 aromatic rings. The van der Waals surface area contributed by atoms with Crippen LogP contribution in [0.3, 0.4) is 0 Å². The fourth-order valence-corrected chi connectivity index (χ4v) is 2.32. The minimum Gasteiger partial charge on any atom is -0.464 e. The predicted octanol–water partition coefficient (Wildman–Crippen LogP) is 3.97. The van der Waals surface area contributed by atoms with Gasteiger partial charge in [-0.2, -0.15) is 0 Å². The van der Waals surface area contributed by atoms with Crippen LogP contribution in [0.2, 0.25) is 4.34 Å². The van der Waals surface area contributed by atoms with Gasteiger partial charge in [-0.05, 0) is 25.1 Å². The lowest BCUT2D eigenvalue weighted by Crippen LogP contribution is -1.69. The lowest BCUT2D eigenvalue weighted by Gasteiger charge is -1.91. The Balaban J connectivity index is 2.54. The van der Waals surface area contributed by atoms with Gasteiger partial charge in [-0.1, -0.05) is 11.6 Å². The van der Waals surface area contributed by atoms with Gasteiger partial charge in [0.1, 0.15) is 5.76 Å². The molecule has 0 unspecified atom stereocenters. The van der Waals surface area contributed by atoms with E-state index in [2.05, 4.69) is 0 Å². The van der Waals surface area contributed by atoms with E-state index in [0.29, 0.717) is 0 Å². The van der Waals surface area contributed by atoms with Crippen molar-refractivity contribution in [3.63, 3.8) is 0 Å². The molecule has 2 aromatic heterocycles. The second kappa shape index (κ2) is 2.96.